The Balaban J connectivity index is 3.13. The Kier molecular flexibility index (Phi) is 5.14. The number of hydrogen-bond acceptors (Lipinski definition) is 2. The van der Waals surface area contributed by atoms with Gasteiger partial charge in [-0.3, -0.25) is 4.79 Å². The van der Waals surface area contributed by atoms with Gasteiger partial charge < -0.3 is 9.84 Å². The summed E-state index contributed by atoms with van der Waals surface area (Å²) in [5.74, 6) is -1.20. The number of benzene rings is 1. The number of hydrogen-bond donors (Lipinski definition) is 1. The molecule has 0 atom stereocenters. The number of carboxylic acids is 1. The van der Waals surface area contributed by atoms with Gasteiger partial charge in [-0.15, -0.1) is 0 Å². The van der Waals surface area contributed by atoms with Crippen LogP contribution in [-0.4, -0.2) is 17.7 Å². The molecule has 0 heterocycles. The van der Waals surface area contributed by atoms with E-state index in [1.54, 1.807) is 0 Å². The van der Waals surface area contributed by atoms with Crippen molar-refractivity contribution < 1.29 is 23.4 Å². The number of aliphatic carboxylic acids is 1. The molecule has 1 aromatic carbocycles. The zero-order valence-corrected chi connectivity index (χ0v) is 10.8. The highest BCUT2D eigenvalue weighted by molar-refractivity contribution is 9.08. The van der Waals surface area contributed by atoms with Crippen LogP contribution >= 0.6 is 27.5 Å². The SMILES string of the molecule is O=C(O)Cc1cc(OC(F)F)cc(CBr)c1Cl. The summed E-state index contributed by atoms with van der Waals surface area (Å²) in [7, 11) is 0. The topological polar surface area (TPSA) is 46.5 Å². The van der Waals surface area contributed by atoms with E-state index < -0.39 is 12.6 Å². The maximum Gasteiger partial charge on any atom is 0.387 e. The van der Waals surface area contributed by atoms with E-state index in [9.17, 15) is 13.6 Å². The van der Waals surface area contributed by atoms with Gasteiger partial charge in [-0.1, -0.05) is 27.5 Å². The lowest BCUT2D eigenvalue weighted by atomic mass is 10.1. The van der Waals surface area contributed by atoms with Crippen LogP contribution in [0.1, 0.15) is 11.1 Å². The normalized spacial score (nSPS) is 10.6. The molecule has 0 spiro atoms. The number of carboxylic acid groups (broad SMARTS) is 1. The lowest BCUT2D eigenvalue weighted by Crippen LogP contribution is -2.06. The molecule has 17 heavy (non-hydrogen) atoms. The Morgan fingerprint density at radius 1 is 1.47 bits per heavy atom. The van der Waals surface area contributed by atoms with Gasteiger partial charge in [0.1, 0.15) is 5.75 Å². The minimum absolute atomic E-state index is 0.102. The summed E-state index contributed by atoms with van der Waals surface area (Å²) in [5, 5.41) is 9.23. The van der Waals surface area contributed by atoms with Crippen molar-refractivity contribution in [3.63, 3.8) is 0 Å². The summed E-state index contributed by atoms with van der Waals surface area (Å²) in [6.07, 6.45) is -0.348. The van der Waals surface area contributed by atoms with Crippen LogP contribution in [-0.2, 0) is 16.5 Å². The zero-order valence-electron chi connectivity index (χ0n) is 8.42. The molecule has 1 rings (SSSR count). The van der Waals surface area contributed by atoms with Gasteiger partial charge in [-0.2, -0.15) is 8.78 Å². The fraction of sp³-hybridized carbons (Fsp3) is 0.300. The van der Waals surface area contributed by atoms with Gasteiger partial charge in [0.25, 0.3) is 0 Å². The Morgan fingerprint density at radius 3 is 2.53 bits per heavy atom. The number of carbonyl (C=O) groups is 1. The molecule has 1 aromatic rings. The highest BCUT2D eigenvalue weighted by Gasteiger charge is 2.14. The van der Waals surface area contributed by atoms with Crippen LogP contribution in [0.5, 0.6) is 5.75 Å². The van der Waals surface area contributed by atoms with E-state index in [0.29, 0.717) is 10.9 Å². The van der Waals surface area contributed by atoms with Crippen molar-refractivity contribution in [2.75, 3.05) is 0 Å². The van der Waals surface area contributed by atoms with Crippen molar-refractivity contribution in [1.82, 2.24) is 0 Å². The summed E-state index contributed by atoms with van der Waals surface area (Å²) in [6, 6.07) is 2.55. The molecule has 0 bridgehead atoms. The first kappa shape index (κ1) is 14.2. The Bertz CT molecular complexity index is 426. The van der Waals surface area contributed by atoms with Gasteiger partial charge in [0.15, 0.2) is 0 Å². The summed E-state index contributed by atoms with van der Waals surface area (Å²) in [5.41, 5.74) is 0.743. The van der Waals surface area contributed by atoms with E-state index in [4.69, 9.17) is 16.7 Å². The average Bonchev–Trinajstić information content (AvgIpc) is 2.21. The van der Waals surface area contributed by atoms with E-state index >= 15 is 0 Å². The van der Waals surface area contributed by atoms with Crippen LogP contribution < -0.4 is 4.74 Å². The smallest absolute Gasteiger partial charge is 0.387 e. The summed E-state index contributed by atoms with van der Waals surface area (Å²) < 4.78 is 28.4. The van der Waals surface area contributed by atoms with Crippen molar-refractivity contribution >= 4 is 33.5 Å². The number of rotatable bonds is 5. The van der Waals surface area contributed by atoms with Crippen LogP contribution in [0.3, 0.4) is 0 Å². The predicted molar refractivity (Wildman–Crippen MR) is 62.1 cm³/mol. The van der Waals surface area contributed by atoms with Crippen LogP contribution in [0, 0.1) is 0 Å². The fourth-order valence-corrected chi connectivity index (χ4v) is 2.12. The summed E-state index contributed by atoms with van der Waals surface area (Å²) in [4.78, 5) is 10.6. The number of ether oxygens (including phenoxy) is 1. The molecule has 0 aliphatic rings. The molecule has 0 amide bonds. The standard InChI is InChI=1S/C10H8BrClF2O3/c11-4-6-2-7(17-10(13)14)1-5(9(6)12)3-8(15)16/h1-2,10H,3-4H2,(H,15,16). The van der Waals surface area contributed by atoms with Crippen molar-refractivity contribution in [2.24, 2.45) is 0 Å². The monoisotopic (exact) mass is 328 g/mol. The molecule has 0 aliphatic carbocycles. The average molecular weight is 330 g/mol. The maximum atomic E-state index is 12.1. The Hall–Kier alpha value is -0.880. The van der Waals surface area contributed by atoms with Gasteiger partial charge in [-0.05, 0) is 23.3 Å². The Labute approximate surface area is 109 Å². The summed E-state index contributed by atoms with van der Waals surface area (Å²) >= 11 is 9.06. The van der Waals surface area contributed by atoms with E-state index in [1.165, 1.54) is 12.1 Å². The fourth-order valence-electron chi connectivity index (χ4n) is 1.28. The number of halogens is 4. The molecular weight excluding hydrogens is 321 g/mol. The first-order valence-corrected chi connectivity index (χ1v) is 5.98. The van der Waals surface area contributed by atoms with E-state index in [-0.39, 0.29) is 22.8 Å². The van der Waals surface area contributed by atoms with Gasteiger partial charge in [0.2, 0.25) is 0 Å². The Morgan fingerprint density at radius 2 is 2.06 bits per heavy atom. The third-order valence-electron chi connectivity index (χ3n) is 1.91. The molecule has 0 aliphatic heterocycles. The van der Waals surface area contributed by atoms with Crippen LogP contribution in [0.4, 0.5) is 8.78 Å². The maximum absolute atomic E-state index is 12.1. The molecule has 3 nitrogen and oxygen atoms in total. The quantitative estimate of drug-likeness (QED) is 0.842. The molecule has 1 N–H and O–H groups in total. The van der Waals surface area contributed by atoms with Crippen molar-refractivity contribution in [2.45, 2.75) is 18.4 Å². The first-order valence-electron chi connectivity index (χ1n) is 4.48. The van der Waals surface area contributed by atoms with Gasteiger partial charge >= 0.3 is 12.6 Å². The van der Waals surface area contributed by atoms with Crippen molar-refractivity contribution in [1.29, 1.82) is 0 Å². The highest BCUT2D eigenvalue weighted by atomic mass is 79.9. The van der Waals surface area contributed by atoms with Crippen LogP contribution in [0.25, 0.3) is 0 Å². The second-order valence-electron chi connectivity index (χ2n) is 3.14. The molecule has 0 unspecified atom stereocenters. The van der Waals surface area contributed by atoms with E-state index in [1.807, 2.05) is 0 Å². The van der Waals surface area contributed by atoms with Crippen LogP contribution in [0.2, 0.25) is 5.02 Å². The third-order valence-corrected chi connectivity index (χ3v) is 3.00. The molecule has 7 heteroatoms. The van der Waals surface area contributed by atoms with Gasteiger partial charge in [0.05, 0.1) is 6.42 Å². The second kappa shape index (κ2) is 6.16. The van der Waals surface area contributed by atoms with Gasteiger partial charge in [-0.25, -0.2) is 0 Å². The molecule has 0 aromatic heterocycles. The van der Waals surface area contributed by atoms with E-state index in [0.717, 1.165) is 0 Å². The molecule has 0 saturated carbocycles. The predicted octanol–water partition coefficient (Wildman–Crippen LogP) is 3.46. The van der Waals surface area contributed by atoms with E-state index in [2.05, 4.69) is 20.7 Å². The minimum Gasteiger partial charge on any atom is -0.481 e. The largest absolute Gasteiger partial charge is 0.481 e. The van der Waals surface area contributed by atoms with Crippen molar-refractivity contribution in [3.8, 4) is 5.75 Å². The van der Waals surface area contributed by atoms with Crippen molar-refractivity contribution in [3.05, 3.63) is 28.3 Å². The second-order valence-corrected chi connectivity index (χ2v) is 4.08. The third kappa shape index (κ3) is 4.12. The molecule has 0 fully saturated rings. The highest BCUT2D eigenvalue weighted by Crippen LogP contribution is 2.30. The molecule has 94 valence electrons. The zero-order chi connectivity index (χ0) is 13.0. The molecular formula is C10H8BrClF2O3. The van der Waals surface area contributed by atoms with Gasteiger partial charge in [0, 0.05) is 10.4 Å². The van der Waals surface area contributed by atoms with Crippen LogP contribution in [0.15, 0.2) is 12.1 Å². The first-order chi connectivity index (χ1) is 7.93. The minimum atomic E-state index is -2.96. The lowest BCUT2D eigenvalue weighted by Gasteiger charge is -2.11. The summed E-state index contributed by atoms with van der Waals surface area (Å²) in [6.45, 7) is -2.96. The number of alkyl halides is 3. The molecule has 0 radical (unpaired) electrons. The molecule has 0 saturated heterocycles. The lowest BCUT2D eigenvalue weighted by molar-refractivity contribution is -0.136.